The summed E-state index contributed by atoms with van der Waals surface area (Å²) in [6.07, 6.45) is -0.213. The maximum atomic E-state index is 12.6. The minimum absolute atomic E-state index is 0.225. The predicted molar refractivity (Wildman–Crippen MR) is 112 cm³/mol. The highest BCUT2D eigenvalue weighted by atomic mass is 16.4. The summed E-state index contributed by atoms with van der Waals surface area (Å²) in [4.78, 5) is 88.4. The molecule has 4 amide bonds. The first-order valence-corrected chi connectivity index (χ1v) is 9.88. The number of nitrogens with two attached hydrogens (primary N) is 2. The number of imidazole rings is 1. The number of rotatable bonds is 15. The Balaban J connectivity index is 3.00. The van der Waals surface area contributed by atoms with Gasteiger partial charge < -0.3 is 47.7 Å². The number of H-pyrrole nitrogens is 1. The van der Waals surface area contributed by atoms with Gasteiger partial charge in [-0.05, 0) is 0 Å². The molecule has 11 N–H and O–H groups in total. The van der Waals surface area contributed by atoms with Gasteiger partial charge in [0.2, 0.25) is 23.6 Å². The number of hydrogen-bond acceptors (Lipinski definition) is 9. The van der Waals surface area contributed by atoms with Crippen molar-refractivity contribution in [2.45, 2.75) is 49.9 Å². The standard InChI is InChI=1S/C18H25N7O10/c19-8(2-13(27)28)15(31)23-10(4-14(29)30)17(33)24-9(3-12(20)26)16(32)25-11(18(34)35)1-7-5-21-6-22-7/h5-6,8-11H,1-4,19H2,(H2,20,26)(H,21,22)(H,23,31)(H,24,33)(H,25,32)(H,27,28)(H,29,30)(H,34,35). The summed E-state index contributed by atoms with van der Waals surface area (Å²) in [5, 5.41) is 33.3. The first kappa shape index (κ1) is 28.5. The molecule has 0 saturated heterocycles. The Morgan fingerprint density at radius 3 is 1.80 bits per heavy atom. The lowest BCUT2D eigenvalue weighted by atomic mass is 10.1. The Morgan fingerprint density at radius 1 is 0.829 bits per heavy atom. The van der Waals surface area contributed by atoms with Crippen LogP contribution in [-0.2, 0) is 40.0 Å². The molecular weight excluding hydrogens is 474 g/mol. The zero-order chi connectivity index (χ0) is 26.7. The minimum Gasteiger partial charge on any atom is -0.481 e. The lowest BCUT2D eigenvalue weighted by Gasteiger charge is -2.24. The van der Waals surface area contributed by atoms with Gasteiger partial charge >= 0.3 is 17.9 Å². The molecule has 0 aliphatic heterocycles. The van der Waals surface area contributed by atoms with Crippen molar-refractivity contribution in [2.24, 2.45) is 11.5 Å². The van der Waals surface area contributed by atoms with E-state index in [1.807, 2.05) is 10.6 Å². The van der Waals surface area contributed by atoms with Crippen LogP contribution in [0.5, 0.6) is 0 Å². The number of nitrogens with zero attached hydrogens (tertiary/aromatic N) is 1. The number of aliphatic carboxylic acids is 3. The molecule has 0 spiro atoms. The average molecular weight is 499 g/mol. The number of amides is 4. The van der Waals surface area contributed by atoms with E-state index >= 15 is 0 Å². The molecule has 0 aliphatic carbocycles. The van der Waals surface area contributed by atoms with Gasteiger partial charge in [-0.15, -0.1) is 0 Å². The molecular formula is C18H25N7O10. The number of carboxylic acid groups (broad SMARTS) is 3. The van der Waals surface area contributed by atoms with Gasteiger partial charge in [-0.1, -0.05) is 0 Å². The van der Waals surface area contributed by atoms with E-state index in [1.165, 1.54) is 12.5 Å². The predicted octanol–water partition coefficient (Wildman–Crippen LogP) is -4.36. The highest BCUT2D eigenvalue weighted by Crippen LogP contribution is 2.03. The normalized spacial score (nSPS) is 14.0. The average Bonchev–Trinajstić information content (AvgIpc) is 3.24. The third-order valence-electron chi connectivity index (χ3n) is 4.37. The summed E-state index contributed by atoms with van der Waals surface area (Å²) in [6, 6.07) is -6.66. The van der Waals surface area contributed by atoms with Crippen LogP contribution in [0.25, 0.3) is 0 Å². The molecule has 4 unspecified atom stereocenters. The van der Waals surface area contributed by atoms with Crippen molar-refractivity contribution in [2.75, 3.05) is 0 Å². The van der Waals surface area contributed by atoms with Crippen LogP contribution in [0.15, 0.2) is 12.5 Å². The molecule has 4 atom stereocenters. The monoisotopic (exact) mass is 499 g/mol. The topological polar surface area (TPSA) is 297 Å². The number of nitrogens with one attached hydrogen (secondary N) is 4. The molecule has 1 aromatic heterocycles. The summed E-state index contributed by atoms with van der Waals surface area (Å²) in [6.45, 7) is 0. The highest BCUT2D eigenvalue weighted by Gasteiger charge is 2.32. The molecule has 1 aromatic rings. The Hall–Kier alpha value is -4.54. The quantitative estimate of drug-likeness (QED) is 0.111. The Morgan fingerprint density at radius 2 is 1.34 bits per heavy atom. The second-order valence-corrected chi connectivity index (χ2v) is 7.28. The molecule has 1 rings (SSSR count). The molecule has 17 nitrogen and oxygen atoms in total. The summed E-state index contributed by atoms with van der Waals surface area (Å²) >= 11 is 0. The number of aromatic amines is 1. The SMILES string of the molecule is NC(=O)CC(NC(=O)C(CC(=O)O)NC(=O)C(N)CC(=O)O)C(=O)NC(Cc1cnc[nH]1)C(=O)O. The first-order chi connectivity index (χ1) is 16.3. The number of carbonyl (C=O) groups excluding carboxylic acids is 4. The number of primary amides is 1. The van der Waals surface area contributed by atoms with Gasteiger partial charge in [-0.3, -0.25) is 28.8 Å². The highest BCUT2D eigenvalue weighted by molar-refractivity contribution is 5.97. The lowest BCUT2D eigenvalue weighted by molar-refractivity contribution is -0.143. The molecule has 0 bridgehead atoms. The smallest absolute Gasteiger partial charge is 0.326 e. The van der Waals surface area contributed by atoms with Crippen LogP contribution in [0.1, 0.15) is 25.0 Å². The number of aromatic nitrogens is 2. The first-order valence-electron chi connectivity index (χ1n) is 9.88. The fourth-order valence-corrected chi connectivity index (χ4v) is 2.71. The van der Waals surface area contributed by atoms with Gasteiger partial charge in [0.1, 0.15) is 18.1 Å². The van der Waals surface area contributed by atoms with Crippen LogP contribution in [0, 0.1) is 0 Å². The third-order valence-corrected chi connectivity index (χ3v) is 4.37. The van der Waals surface area contributed by atoms with Crippen LogP contribution in [0.3, 0.4) is 0 Å². The molecule has 35 heavy (non-hydrogen) atoms. The van der Waals surface area contributed by atoms with Gasteiger partial charge in [-0.2, -0.15) is 0 Å². The Labute approximate surface area is 196 Å². The van der Waals surface area contributed by atoms with Gasteiger partial charge in [0.05, 0.1) is 31.6 Å². The Bertz CT molecular complexity index is 965. The van der Waals surface area contributed by atoms with E-state index in [9.17, 15) is 38.7 Å². The van der Waals surface area contributed by atoms with Gasteiger partial charge in [0, 0.05) is 18.3 Å². The van der Waals surface area contributed by atoms with Crippen molar-refractivity contribution in [3.8, 4) is 0 Å². The van der Waals surface area contributed by atoms with Crippen molar-refractivity contribution in [1.29, 1.82) is 0 Å². The molecule has 0 aromatic carbocycles. The van der Waals surface area contributed by atoms with Crippen molar-refractivity contribution < 1.29 is 48.9 Å². The van der Waals surface area contributed by atoms with E-state index in [0.717, 1.165) is 0 Å². The van der Waals surface area contributed by atoms with E-state index in [0.29, 0.717) is 5.69 Å². The number of carboxylic acids is 3. The van der Waals surface area contributed by atoms with Crippen molar-refractivity contribution in [3.05, 3.63) is 18.2 Å². The van der Waals surface area contributed by atoms with E-state index in [4.69, 9.17) is 21.7 Å². The molecule has 1 heterocycles. The van der Waals surface area contributed by atoms with E-state index in [-0.39, 0.29) is 6.42 Å². The number of carbonyl (C=O) groups is 7. The van der Waals surface area contributed by atoms with E-state index < -0.39 is 85.0 Å². The molecule has 0 saturated carbocycles. The second-order valence-electron chi connectivity index (χ2n) is 7.28. The maximum Gasteiger partial charge on any atom is 0.326 e. The van der Waals surface area contributed by atoms with E-state index in [1.54, 1.807) is 0 Å². The second kappa shape index (κ2) is 13.2. The van der Waals surface area contributed by atoms with Crippen molar-refractivity contribution in [1.82, 2.24) is 25.9 Å². The summed E-state index contributed by atoms with van der Waals surface area (Å²) in [5.41, 5.74) is 10.8. The van der Waals surface area contributed by atoms with Gasteiger partial charge in [0.25, 0.3) is 0 Å². The van der Waals surface area contributed by atoms with Gasteiger partial charge in [-0.25, -0.2) is 9.78 Å². The largest absolute Gasteiger partial charge is 0.481 e. The molecule has 192 valence electrons. The van der Waals surface area contributed by atoms with Crippen LogP contribution in [0.2, 0.25) is 0 Å². The number of hydrogen-bond donors (Lipinski definition) is 9. The summed E-state index contributed by atoms with van der Waals surface area (Å²) in [5.74, 6) is -9.01. The zero-order valence-electron chi connectivity index (χ0n) is 18.1. The summed E-state index contributed by atoms with van der Waals surface area (Å²) < 4.78 is 0. The van der Waals surface area contributed by atoms with Crippen LogP contribution in [0.4, 0.5) is 0 Å². The minimum atomic E-state index is -1.82. The van der Waals surface area contributed by atoms with Crippen molar-refractivity contribution >= 4 is 41.5 Å². The molecule has 0 radical (unpaired) electrons. The Kier molecular flexibility index (Phi) is 10.8. The molecule has 0 fully saturated rings. The molecule has 0 aliphatic rings. The molecule has 17 heteroatoms. The van der Waals surface area contributed by atoms with Crippen LogP contribution >= 0.6 is 0 Å². The van der Waals surface area contributed by atoms with Crippen LogP contribution in [-0.4, -0.2) is 91.0 Å². The fourth-order valence-electron chi connectivity index (χ4n) is 2.71. The fraction of sp³-hybridized carbons (Fsp3) is 0.444. The van der Waals surface area contributed by atoms with E-state index in [2.05, 4.69) is 15.3 Å². The van der Waals surface area contributed by atoms with Crippen molar-refractivity contribution in [3.63, 3.8) is 0 Å². The third kappa shape index (κ3) is 10.3. The van der Waals surface area contributed by atoms with Gasteiger partial charge in [0.15, 0.2) is 0 Å². The zero-order valence-corrected chi connectivity index (χ0v) is 18.1. The summed E-state index contributed by atoms with van der Waals surface area (Å²) in [7, 11) is 0. The lowest BCUT2D eigenvalue weighted by Crippen LogP contribution is -2.58. The maximum absolute atomic E-state index is 12.6. The van der Waals surface area contributed by atoms with Crippen LogP contribution < -0.4 is 27.4 Å².